The van der Waals surface area contributed by atoms with Gasteiger partial charge in [-0.2, -0.15) is 0 Å². The molecule has 31 heavy (non-hydrogen) atoms. The number of halogens is 1. The molecular weight excluding hydrogens is 410 g/mol. The van der Waals surface area contributed by atoms with Crippen molar-refractivity contribution in [2.75, 3.05) is 6.61 Å². The molecule has 166 valence electrons. The highest BCUT2D eigenvalue weighted by Crippen LogP contribution is 2.26. The molecular formula is C25H32ClN3O2. The molecule has 2 aromatic carbocycles. The minimum absolute atomic E-state index is 0.0213. The Morgan fingerprint density at radius 3 is 2.48 bits per heavy atom. The van der Waals surface area contributed by atoms with Crippen molar-refractivity contribution in [1.82, 2.24) is 14.9 Å². The van der Waals surface area contributed by atoms with E-state index in [2.05, 4.69) is 16.0 Å². The zero-order chi connectivity index (χ0) is 22.6. The van der Waals surface area contributed by atoms with Crippen LogP contribution in [0.2, 0.25) is 5.02 Å². The molecule has 3 rings (SSSR count). The lowest BCUT2D eigenvalue weighted by Crippen LogP contribution is -2.35. The number of nitrogens with zero attached hydrogens (tertiary/aromatic N) is 2. The summed E-state index contributed by atoms with van der Waals surface area (Å²) in [6.45, 7) is 11.6. The molecule has 0 unspecified atom stereocenters. The molecule has 0 spiro atoms. The van der Waals surface area contributed by atoms with Crippen molar-refractivity contribution in [3.63, 3.8) is 0 Å². The number of hydrogen-bond acceptors (Lipinski definition) is 3. The molecule has 1 heterocycles. The van der Waals surface area contributed by atoms with Gasteiger partial charge in [-0.25, -0.2) is 4.98 Å². The van der Waals surface area contributed by atoms with Crippen LogP contribution in [0, 0.1) is 19.3 Å². The number of hydrogen-bond donors (Lipinski definition) is 1. The van der Waals surface area contributed by atoms with Gasteiger partial charge in [0.25, 0.3) is 0 Å². The maximum atomic E-state index is 12.3. The van der Waals surface area contributed by atoms with E-state index in [0.29, 0.717) is 13.2 Å². The molecule has 1 N–H and O–H groups in total. The van der Waals surface area contributed by atoms with Crippen molar-refractivity contribution < 1.29 is 9.53 Å². The Morgan fingerprint density at radius 1 is 1.13 bits per heavy atom. The number of imidazole rings is 1. The van der Waals surface area contributed by atoms with Crippen molar-refractivity contribution in [3.05, 3.63) is 58.4 Å². The number of amides is 1. The van der Waals surface area contributed by atoms with Crippen molar-refractivity contribution in [1.29, 1.82) is 0 Å². The molecule has 6 heteroatoms. The largest absolute Gasteiger partial charge is 0.494 e. The van der Waals surface area contributed by atoms with Crippen LogP contribution >= 0.6 is 11.6 Å². The summed E-state index contributed by atoms with van der Waals surface area (Å²) in [5, 5.41) is 3.82. The third-order valence-corrected chi connectivity index (χ3v) is 5.87. The van der Waals surface area contributed by atoms with Gasteiger partial charge in [-0.15, -0.1) is 0 Å². The number of fused-ring (bicyclic) bond motifs is 1. The summed E-state index contributed by atoms with van der Waals surface area (Å²) in [6.07, 6.45) is 1.87. The Balaban J connectivity index is 1.61. The molecule has 0 aliphatic rings. The first-order valence-corrected chi connectivity index (χ1v) is 11.2. The Hall–Kier alpha value is -2.53. The van der Waals surface area contributed by atoms with Gasteiger partial charge in [-0.05, 0) is 62.1 Å². The summed E-state index contributed by atoms with van der Waals surface area (Å²) in [4.78, 5) is 17.0. The Kier molecular flexibility index (Phi) is 7.26. The second kappa shape index (κ2) is 9.73. The van der Waals surface area contributed by atoms with Crippen LogP contribution < -0.4 is 10.1 Å². The van der Waals surface area contributed by atoms with E-state index in [9.17, 15) is 4.79 Å². The number of carbonyl (C=O) groups excluding carboxylic acids is 1. The molecule has 0 bridgehead atoms. The first kappa shape index (κ1) is 23.1. The second-order valence-corrected chi connectivity index (χ2v) is 9.41. The first-order chi connectivity index (χ1) is 14.7. The quantitative estimate of drug-likeness (QED) is 0.447. The number of benzene rings is 2. The molecule has 0 atom stereocenters. The molecule has 0 aliphatic carbocycles. The van der Waals surface area contributed by atoms with Crippen molar-refractivity contribution in [2.24, 2.45) is 5.41 Å². The second-order valence-electron chi connectivity index (χ2n) is 9.03. The Morgan fingerprint density at radius 2 is 1.81 bits per heavy atom. The van der Waals surface area contributed by atoms with Gasteiger partial charge >= 0.3 is 0 Å². The number of ether oxygens (including phenoxy) is 1. The van der Waals surface area contributed by atoms with Crippen LogP contribution in [0.3, 0.4) is 0 Å². The maximum Gasteiger partial charge on any atom is 0.225 e. The molecule has 0 radical (unpaired) electrons. The van der Waals surface area contributed by atoms with Gasteiger partial charge in [0.1, 0.15) is 11.6 Å². The third kappa shape index (κ3) is 5.79. The van der Waals surface area contributed by atoms with E-state index in [1.54, 1.807) is 0 Å². The monoisotopic (exact) mass is 441 g/mol. The third-order valence-electron chi connectivity index (χ3n) is 5.28. The smallest absolute Gasteiger partial charge is 0.225 e. The maximum absolute atomic E-state index is 12.3. The van der Waals surface area contributed by atoms with Gasteiger partial charge in [-0.3, -0.25) is 4.79 Å². The van der Waals surface area contributed by atoms with E-state index in [-0.39, 0.29) is 5.91 Å². The predicted molar refractivity (Wildman–Crippen MR) is 127 cm³/mol. The van der Waals surface area contributed by atoms with Crippen molar-refractivity contribution in [2.45, 2.75) is 60.5 Å². The zero-order valence-corrected chi connectivity index (χ0v) is 19.8. The Bertz CT molecular complexity index is 1040. The average Bonchev–Trinajstić information content (AvgIpc) is 3.06. The van der Waals surface area contributed by atoms with Gasteiger partial charge in [0, 0.05) is 17.0 Å². The number of aryl methyl sites for hydroxylation is 3. The summed E-state index contributed by atoms with van der Waals surface area (Å²) in [6, 6.07) is 12.1. The van der Waals surface area contributed by atoms with Gasteiger partial charge in [0.05, 0.1) is 24.2 Å². The number of unbranched alkanes of at least 4 members (excludes halogenated alkanes) is 1. The van der Waals surface area contributed by atoms with E-state index in [1.807, 2.05) is 65.0 Å². The highest BCUT2D eigenvalue weighted by Gasteiger charge is 2.21. The number of rotatable bonds is 8. The number of para-hydroxylation sites is 2. The molecule has 0 fully saturated rings. The summed E-state index contributed by atoms with van der Waals surface area (Å²) in [5.41, 5.74) is 3.68. The highest BCUT2D eigenvalue weighted by atomic mass is 35.5. The number of nitrogens with one attached hydrogen (secondary N) is 1. The van der Waals surface area contributed by atoms with Gasteiger partial charge < -0.3 is 14.6 Å². The predicted octanol–water partition coefficient (Wildman–Crippen LogP) is 5.83. The van der Waals surface area contributed by atoms with Gasteiger partial charge in [0.2, 0.25) is 5.91 Å². The lowest BCUT2D eigenvalue weighted by atomic mass is 9.96. The lowest BCUT2D eigenvalue weighted by molar-refractivity contribution is -0.128. The fourth-order valence-corrected chi connectivity index (χ4v) is 3.59. The summed E-state index contributed by atoms with van der Waals surface area (Å²) in [5.74, 6) is 1.76. The van der Waals surface area contributed by atoms with Crippen LogP contribution in [-0.4, -0.2) is 22.1 Å². The molecule has 0 saturated carbocycles. The van der Waals surface area contributed by atoms with Crippen molar-refractivity contribution >= 4 is 28.5 Å². The highest BCUT2D eigenvalue weighted by molar-refractivity contribution is 6.32. The molecule has 0 aliphatic heterocycles. The SMILES string of the molecule is Cc1cc(OCCCCn2c(CNC(=O)C(C)(C)C)nc3ccccc32)cc(C)c1Cl. The van der Waals surface area contributed by atoms with E-state index in [4.69, 9.17) is 21.3 Å². The minimum Gasteiger partial charge on any atom is -0.494 e. The van der Waals surface area contributed by atoms with E-state index >= 15 is 0 Å². The number of carbonyl (C=O) groups is 1. The van der Waals surface area contributed by atoms with E-state index in [0.717, 1.165) is 58.1 Å². The topological polar surface area (TPSA) is 56.1 Å². The van der Waals surface area contributed by atoms with Crippen LogP contribution in [0.15, 0.2) is 36.4 Å². The van der Waals surface area contributed by atoms with Crippen LogP contribution in [0.25, 0.3) is 11.0 Å². The Labute approximate surface area is 189 Å². The minimum atomic E-state index is -0.424. The average molecular weight is 442 g/mol. The number of aromatic nitrogens is 2. The molecule has 1 aromatic heterocycles. The normalized spacial score (nSPS) is 11.7. The fourth-order valence-electron chi connectivity index (χ4n) is 3.49. The van der Waals surface area contributed by atoms with Crippen molar-refractivity contribution in [3.8, 4) is 5.75 Å². The molecule has 5 nitrogen and oxygen atoms in total. The lowest BCUT2D eigenvalue weighted by Gasteiger charge is -2.18. The van der Waals surface area contributed by atoms with E-state index in [1.165, 1.54) is 0 Å². The first-order valence-electron chi connectivity index (χ1n) is 10.8. The van der Waals surface area contributed by atoms with Gasteiger partial charge in [-0.1, -0.05) is 44.5 Å². The van der Waals surface area contributed by atoms with Crippen LogP contribution in [-0.2, 0) is 17.9 Å². The van der Waals surface area contributed by atoms with Crippen LogP contribution in [0.1, 0.15) is 50.6 Å². The van der Waals surface area contributed by atoms with Crippen LogP contribution in [0.4, 0.5) is 0 Å². The molecule has 1 amide bonds. The molecule has 0 saturated heterocycles. The summed E-state index contributed by atoms with van der Waals surface area (Å²) < 4.78 is 8.14. The summed E-state index contributed by atoms with van der Waals surface area (Å²) in [7, 11) is 0. The van der Waals surface area contributed by atoms with Crippen LogP contribution in [0.5, 0.6) is 5.75 Å². The fraction of sp³-hybridized carbons (Fsp3) is 0.440. The summed E-state index contributed by atoms with van der Waals surface area (Å²) >= 11 is 6.23. The standard InChI is InChI=1S/C25H32ClN3O2/c1-17-14-19(15-18(2)23(17)26)31-13-9-8-12-29-21-11-7-6-10-20(21)28-22(29)16-27-24(30)25(3,4)5/h6-7,10-11,14-15H,8-9,12-13,16H2,1-5H3,(H,27,30). The van der Waals surface area contributed by atoms with E-state index < -0.39 is 5.41 Å². The van der Waals surface area contributed by atoms with Gasteiger partial charge in [0.15, 0.2) is 0 Å². The zero-order valence-electron chi connectivity index (χ0n) is 19.1. The molecule has 3 aromatic rings.